The van der Waals surface area contributed by atoms with E-state index in [4.69, 9.17) is 14.2 Å². The summed E-state index contributed by atoms with van der Waals surface area (Å²) in [4.78, 5) is 23.8. The average Bonchev–Trinajstić information content (AvgIpc) is 2.79. The number of aromatic nitrogens is 5. The molecule has 1 aromatic carbocycles. The number of hydrogen-bond acceptors (Lipinski definition) is 9. The highest BCUT2D eigenvalue weighted by atomic mass is 16.5. The first-order valence-corrected chi connectivity index (χ1v) is 9.39. The van der Waals surface area contributed by atoms with Crippen LogP contribution in [0.25, 0.3) is 0 Å². The number of piperidine rings is 1. The number of nitrogens with zero attached hydrogens (tertiary/aromatic N) is 6. The first kappa shape index (κ1) is 18.9. The molecule has 1 saturated heterocycles. The topological polar surface area (TPSA) is 95.4 Å². The van der Waals surface area contributed by atoms with Crippen molar-refractivity contribution >= 4 is 5.95 Å². The summed E-state index contributed by atoms with van der Waals surface area (Å²) >= 11 is 0. The molecule has 150 valence electrons. The second-order valence-corrected chi connectivity index (χ2v) is 6.57. The van der Waals surface area contributed by atoms with E-state index in [9.17, 15) is 0 Å². The lowest BCUT2D eigenvalue weighted by Gasteiger charge is -2.31. The molecule has 0 amide bonds. The third-order valence-electron chi connectivity index (χ3n) is 4.74. The summed E-state index contributed by atoms with van der Waals surface area (Å²) in [6, 6.07) is 10.1. The molecule has 3 heterocycles. The SMILES string of the molecule is COc1nc(OC)nc(N2CCC(c3cncc(Oc4ccccc4)n3)CC2)n1. The quantitative estimate of drug-likeness (QED) is 0.625. The molecule has 0 radical (unpaired) electrons. The smallest absolute Gasteiger partial charge is 0.324 e. The lowest BCUT2D eigenvalue weighted by Crippen LogP contribution is -2.34. The predicted octanol–water partition coefficient (Wildman–Crippen LogP) is 2.86. The van der Waals surface area contributed by atoms with Gasteiger partial charge in [0.2, 0.25) is 11.8 Å². The fourth-order valence-corrected chi connectivity index (χ4v) is 3.24. The Morgan fingerprint density at radius 1 is 0.862 bits per heavy atom. The Morgan fingerprint density at radius 3 is 2.21 bits per heavy atom. The predicted molar refractivity (Wildman–Crippen MR) is 106 cm³/mol. The van der Waals surface area contributed by atoms with Crippen LogP contribution in [0.5, 0.6) is 23.7 Å². The largest absolute Gasteiger partial charge is 0.467 e. The van der Waals surface area contributed by atoms with Crippen LogP contribution < -0.4 is 19.1 Å². The van der Waals surface area contributed by atoms with Crippen LogP contribution in [0.1, 0.15) is 24.5 Å². The van der Waals surface area contributed by atoms with Crippen LogP contribution in [-0.4, -0.2) is 52.2 Å². The van der Waals surface area contributed by atoms with Gasteiger partial charge in [-0.2, -0.15) is 9.97 Å². The molecule has 1 aliphatic rings. The first-order valence-electron chi connectivity index (χ1n) is 9.39. The molecule has 9 nitrogen and oxygen atoms in total. The molecule has 9 heteroatoms. The molecule has 29 heavy (non-hydrogen) atoms. The minimum atomic E-state index is 0.241. The van der Waals surface area contributed by atoms with E-state index in [1.165, 1.54) is 14.2 Å². The molecular formula is C20H22N6O3. The van der Waals surface area contributed by atoms with E-state index in [1.54, 1.807) is 6.20 Å². The average molecular weight is 394 g/mol. The Kier molecular flexibility index (Phi) is 5.64. The van der Waals surface area contributed by atoms with Crippen LogP contribution in [0.3, 0.4) is 0 Å². The molecule has 0 atom stereocenters. The van der Waals surface area contributed by atoms with Crippen LogP contribution in [0.2, 0.25) is 0 Å². The lowest BCUT2D eigenvalue weighted by molar-refractivity contribution is 0.338. The number of methoxy groups -OCH3 is 2. The molecule has 1 aliphatic heterocycles. The van der Waals surface area contributed by atoms with E-state index in [-0.39, 0.29) is 12.0 Å². The monoisotopic (exact) mass is 394 g/mol. The van der Waals surface area contributed by atoms with Gasteiger partial charge in [0.1, 0.15) is 5.75 Å². The molecular weight excluding hydrogens is 372 g/mol. The Balaban J connectivity index is 1.43. The molecule has 0 bridgehead atoms. The third kappa shape index (κ3) is 4.50. The molecule has 0 saturated carbocycles. The van der Waals surface area contributed by atoms with Crippen molar-refractivity contribution in [3.05, 3.63) is 48.4 Å². The number of benzene rings is 1. The number of ether oxygens (including phenoxy) is 3. The first-order chi connectivity index (χ1) is 14.2. The van der Waals surface area contributed by atoms with Gasteiger partial charge in [0.05, 0.1) is 26.1 Å². The molecule has 2 aromatic heterocycles. The Labute approximate surface area is 168 Å². The zero-order chi connectivity index (χ0) is 20.1. The number of rotatable bonds is 6. The van der Waals surface area contributed by atoms with Gasteiger partial charge in [-0.15, -0.1) is 4.98 Å². The molecule has 0 spiro atoms. The van der Waals surface area contributed by atoms with Crippen molar-refractivity contribution in [1.82, 2.24) is 24.9 Å². The van der Waals surface area contributed by atoms with Crippen LogP contribution in [0.15, 0.2) is 42.7 Å². The summed E-state index contributed by atoms with van der Waals surface area (Å²) in [5, 5.41) is 0. The maximum Gasteiger partial charge on any atom is 0.324 e. The summed E-state index contributed by atoms with van der Waals surface area (Å²) in [6.07, 6.45) is 5.25. The molecule has 0 unspecified atom stereocenters. The zero-order valence-electron chi connectivity index (χ0n) is 16.4. The highest BCUT2D eigenvalue weighted by Crippen LogP contribution is 2.30. The second-order valence-electron chi connectivity index (χ2n) is 6.57. The van der Waals surface area contributed by atoms with Gasteiger partial charge in [-0.25, -0.2) is 4.98 Å². The van der Waals surface area contributed by atoms with Gasteiger partial charge in [0, 0.05) is 25.2 Å². The highest BCUT2D eigenvalue weighted by Gasteiger charge is 2.25. The van der Waals surface area contributed by atoms with Gasteiger partial charge in [-0.3, -0.25) is 4.98 Å². The van der Waals surface area contributed by atoms with Crippen molar-refractivity contribution in [2.75, 3.05) is 32.2 Å². The minimum absolute atomic E-state index is 0.241. The number of para-hydroxylation sites is 1. The van der Waals surface area contributed by atoms with Gasteiger partial charge in [0.25, 0.3) is 0 Å². The van der Waals surface area contributed by atoms with E-state index >= 15 is 0 Å². The van der Waals surface area contributed by atoms with E-state index < -0.39 is 0 Å². The molecule has 4 rings (SSSR count). The van der Waals surface area contributed by atoms with Gasteiger partial charge < -0.3 is 19.1 Å². The van der Waals surface area contributed by atoms with Crippen molar-refractivity contribution in [2.45, 2.75) is 18.8 Å². The fourth-order valence-electron chi connectivity index (χ4n) is 3.24. The standard InChI is InChI=1S/C20H22N6O3/c1-27-19-23-18(24-20(25-19)28-2)26-10-8-14(9-11-26)16-12-21-13-17(22-16)29-15-6-4-3-5-7-15/h3-7,12-14H,8-11H2,1-2H3. The molecule has 0 aliphatic carbocycles. The van der Waals surface area contributed by atoms with Crippen molar-refractivity contribution in [1.29, 1.82) is 0 Å². The fraction of sp³-hybridized carbons (Fsp3) is 0.350. The summed E-state index contributed by atoms with van der Waals surface area (Å²) in [5.74, 6) is 2.10. The minimum Gasteiger partial charge on any atom is -0.467 e. The van der Waals surface area contributed by atoms with E-state index in [0.29, 0.717) is 17.7 Å². The summed E-state index contributed by atoms with van der Waals surface area (Å²) in [7, 11) is 3.04. The molecule has 1 fully saturated rings. The Morgan fingerprint density at radius 2 is 1.55 bits per heavy atom. The Hall–Kier alpha value is -3.49. The summed E-state index contributed by atoms with van der Waals surface area (Å²) in [6.45, 7) is 1.57. The van der Waals surface area contributed by atoms with Crippen molar-refractivity contribution in [3.8, 4) is 23.7 Å². The zero-order valence-corrected chi connectivity index (χ0v) is 16.4. The van der Waals surface area contributed by atoms with Crippen molar-refractivity contribution in [3.63, 3.8) is 0 Å². The maximum absolute atomic E-state index is 5.81. The van der Waals surface area contributed by atoms with Crippen LogP contribution in [0.4, 0.5) is 5.95 Å². The Bertz CT molecular complexity index is 926. The van der Waals surface area contributed by atoms with Crippen LogP contribution in [0, 0.1) is 0 Å². The molecule has 3 aromatic rings. The highest BCUT2D eigenvalue weighted by molar-refractivity contribution is 5.34. The van der Waals surface area contributed by atoms with Gasteiger partial charge in [-0.1, -0.05) is 18.2 Å². The normalized spacial score (nSPS) is 14.5. The summed E-state index contributed by atoms with van der Waals surface area (Å²) < 4.78 is 16.1. The van der Waals surface area contributed by atoms with E-state index in [0.717, 1.165) is 37.4 Å². The maximum atomic E-state index is 5.81. The lowest BCUT2D eigenvalue weighted by atomic mass is 9.94. The van der Waals surface area contributed by atoms with Crippen LogP contribution in [-0.2, 0) is 0 Å². The van der Waals surface area contributed by atoms with Crippen molar-refractivity contribution < 1.29 is 14.2 Å². The number of hydrogen-bond donors (Lipinski definition) is 0. The summed E-state index contributed by atoms with van der Waals surface area (Å²) in [5.41, 5.74) is 0.934. The molecule has 0 N–H and O–H groups in total. The van der Waals surface area contributed by atoms with E-state index in [2.05, 4.69) is 29.8 Å². The van der Waals surface area contributed by atoms with Gasteiger partial charge in [0.15, 0.2) is 0 Å². The van der Waals surface area contributed by atoms with Gasteiger partial charge in [-0.05, 0) is 25.0 Å². The number of anilines is 1. The van der Waals surface area contributed by atoms with Crippen LogP contribution >= 0.6 is 0 Å². The second kappa shape index (κ2) is 8.68. The van der Waals surface area contributed by atoms with E-state index in [1.807, 2.05) is 36.5 Å². The van der Waals surface area contributed by atoms with Gasteiger partial charge >= 0.3 is 12.0 Å². The van der Waals surface area contributed by atoms with Crippen molar-refractivity contribution in [2.24, 2.45) is 0 Å². The third-order valence-corrected chi connectivity index (χ3v) is 4.74.